The van der Waals surface area contributed by atoms with Gasteiger partial charge in [-0.05, 0) is 18.1 Å². The molecule has 1 N–H and O–H groups in total. The van der Waals surface area contributed by atoms with E-state index in [1.807, 2.05) is 24.3 Å². The predicted molar refractivity (Wildman–Crippen MR) is 69.3 cm³/mol. The van der Waals surface area contributed by atoms with E-state index >= 15 is 0 Å². The average Bonchev–Trinajstić information content (AvgIpc) is 2.79. The molecule has 0 atom stereocenters. The molecule has 0 aliphatic carbocycles. The number of aliphatic hydroxyl groups is 1. The molecule has 0 saturated carbocycles. The number of nitrogens with zero attached hydrogens (tertiary/aromatic N) is 1. The molecule has 2 rings (SSSR count). The van der Waals surface area contributed by atoms with Crippen molar-refractivity contribution in [2.75, 3.05) is 20.2 Å². The van der Waals surface area contributed by atoms with Crippen LogP contribution in [-0.4, -0.2) is 36.1 Å². The standard InChI is InChI=1S/C14H17NO3/c1-15(14(17)7-9-16)8-6-11-10-18-13-5-3-2-4-12(11)13/h2-5,10,16H,6-9H2,1H3. The highest BCUT2D eigenvalue weighted by Gasteiger charge is 2.10. The number of benzene rings is 1. The Bertz CT molecular complexity index is 533. The lowest BCUT2D eigenvalue weighted by atomic mass is 10.1. The SMILES string of the molecule is CN(CCc1coc2ccccc12)C(=O)CCO. The minimum absolute atomic E-state index is 0.0368. The first-order chi connectivity index (χ1) is 8.72. The second-order valence-corrected chi connectivity index (χ2v) is 4.30. The van der Waals surface area contributed by atoms with Crippen molar-refractivity contribution in [1.82, 2.24) is 4.90 Å². The number of para-hydroxylation sites is 1. The Labute approximate surface area is 106 Å². The van der Waals surface area contributed by atoms with E-state index in [1.54, 1.807) is 18.2 Å². The fraction of sp³-hybridized carbons (Fsp3) is 0.357. The lowest BCUT2D eigenvalue weighted by Crippen LogP contribution is -2.29. The van der Waals surface area contributed by atoms with Gasteiger partial charge in [-0.3, -0.25) is 4.79 Å². The lowest BCUT2D eigenvalue weighted by Gasteiger charge is -2.15. The van der Waals surface area contributed by atoms with Gasteiger partial charge < -0.3 is 14.4 Å². The van der Waals surface area contributed by atoms with Gasteiger partial charge in [0, 0.05) is 25.4 Å². The zero-order chi connectivity index (χ0) is 13.0. The molecule has 96 valence electrons. The maximum atomic E-state index is 11.5. The van der Waals surface area contributed by atoms with Crippen LogP contribution in [-0.2, 0) is 11.2 Å². The van der Waals surface area contributed by atoms with Gasteiger partial charge in [0.1, 0.15) is 5.58 Å². The van der Waals surface area contributed by atoms with Crippen molar-refractivity contribution in [1.29, 1.82) is 0 Å². The second-order valence-electron chi connectivity index (χ2n) is 4.30. The summed E-state index contributed by atoms with van der Waals surface area (Å²) in [5.41, 5.74) is 1.98. The third-order valence-corrected chi connectivity index (χ3v) is 3.03. The number of furan rings is 1. The molecule has 0 aliphatic heterocycles. The first-order valence-electron chi connectivity index (χ1n) is 6.02. The monoisotopic (exact) mass is 247 g/mol. The number of hydrogen-bond acceptors (Lipinski definition) is 3. The summed E-state index contributed by atoms with van der Waals surface area (Å²) < 4.78 is 5.45. The van der Waals surface area contributed by atoms with Crippen LogP contribution in [0.25, 0.3) is 11.0 Å². The zero-order valence-electron chi connectivity index (χ0n) is 10.4. The molecule has 2 aromatic rings. The van der Waals surface area contributed by atoms with Crippen molar-refractivity contribution < 1.29 is 14.3 Å². The number of fused-ring (bicyclic) bond motifs is 1. The summed E-state index contributed by atoms with van der Waals surface area (Å²) in [6.45, 7) is 0.528. The Morgan fingerprint density at radius 2 is 2.17 bits per heavy atom. The van der Waals surface area contributed by atoms with Crippen LogP contribution < -0.4 is 0 Å². The topological polar surface area (TPSA) is 53.7 Å². The van der Waals surface area contributed by atoms with E-state index in [0.29, 0.717) is 6.54 Å². The van der Waals surface area contributed by atoms with E-state index in [-0.39, 0.29) is 18.9 Å². The molecule has 1 aromatic carbocycles. The number of aliphatic hydroxyl groups excluding tert-OH is 1. The van der Waals surface area contributed by atoms with Crippen LogP contribution in [0, 0.1) is 0 Å². The molecule has 4 nitrogen and oxygen atoms in total. The molecule has 1 aromatic heterocycles. The van der Waals surface area contributed by atoms with Gasteiger partial charge in [-0.2, -0.15) is 0 Å². The average molecular weight is 247 g/mol. The van der Waals surface area contributed by atoms with Crippen LogP contribution in [0.5, 0.6) is 0 Å². The van der Waals surface area contributed by atoms with Crippen LogP contribution in [0.15, 0.2) is 34.9 Å². The summed E-state index contributed by atoms with van der Waals surface area (Å²) in [6, 6.07) is 7.86. The largest absolute Gasteiger partial charge is 0.464 e. The maximum absolute atomic E-state index is 11.5. The quantitative estimate of drug-likeness (QED) is 0.876. The zero-order valence-corrected chi connectivity index (χ0v) is 10.4. The van der Waals surface area contributed by atoms with E-state index < -0.39 is 0 Å². The highest BCUT2D eigenvalue weighted by molar-refractivity contribution is 5.81. The Morgan fingerprint density at radius 3 is 2.94 bits per heavy atom. The summed E-state index contributed by atoms with van der Waals surface area (Å²) in [5.74, 6) is -0.0368. The summed E-state index contributed by atoms with van der Waals surface area (Å²) in [5, 5.41) is 9.81. The molecule has 0 aliphatic rings. The van der Waals surface area contributed by atoms with E-state index in [1.165, 1.54) is 0 Å². The number of carbonyl (C=O) groups excluding carboxylic acids is 1. The van der Waals surface area contributed by atoms with E-state index in [9.17, 15) is 4.79 Å². The Hall–Kier alpha value is -1.81. The smallest absolute Gasteiger partial charge is 0.224 e. The van der Waals surface area contributed by atoms with Crippen LogP contribution in [0.3, 0.4) is 0 Å². The number of rotatable bonds is 5. The van der Waals surface area contributed by atoms with Gasteiger partial charge in [0.2, 0.25) is 5.91 Å². The van der Waals surface area contributed by atoms with Crippen LogP contribution in [0.4, 0.5) is 0 Å². The van der Waals surface area contributed by atoms with E-state index in [4.69, 9.17) is 9.52 Å². The van der Waals surface area contributed by atoms with Gasteiger partial charge >= 0.3 is 0 Å². The van der Waals surface area contributed by atoms with Gasteiger partial charge in [-0.1, -0.05) is 18.2 Å². The number of hydrogen-bond donors (Lipinski definition) is 1. The van der Waals surface area contributed by atoms with Gasteiger partial charge in [0.25, 0.3) is 0 Å². The van der Waals surface area contributed by atoms with Crippen LogP contribution in [0.1, 0.15) is 12.0 Å². The van der Waals surface area contributed by atoms with Gasteiger partial charge in [-0.25, -0.2) is 0 Å². The highest BCUT2D eigenvalue weighted by atomic mass is 16.3. The first-order valence-corrected chi connectivity index (χ1v) is 6.02. The van der Waals surface area contributed by atoms with Gasteiger partial charge in [0.15, 0.2) is 0 Å². The van der Waals surface area contributed by atoms with Crippen molar-refractivity contribution in [3.8, 4) is 0 Å². The van der Waals surface area contributed by atoms with Crippen molar-refractivity contribution in [2.24, 2.45) is 0 Å². The fourth-order valence-corrected chi connectivity index (χ4v) is 1.93. The Kier molecular flexibility index (Phi) is 3.99. The summed E-state index contributed by atoms with van der Waals surface area (Å²) in [6.07, 6.45) is 2.68. The van der Waals surface area contributed by atoms with Crippen LogP contribution in [0.2, 0.25) is 0 Å². The summed E-state index contributed by atoms with van der Waals surface area (Å²) in [7, 11) is 1.75. The summed E-state index contributed by atoms with van der Waals surface area (Å²) >= 11 is 0. The third-order valence-electron chi connectivity index (χ3n) is 3.03. The summed E-state index contributed by atoms with van der Waals surface area (Å²) in [4.78, 5) is 13.1. The van der Waals surface area contributed by atoms with E-state index in [0.717, 1.165) is 23.0 Å². The van der Waals surface area contributed by atoms with E-state index in [2.05, 4.69) is 0 Å². The van der Waals surface area contributed by atoms with Crippen molar-refractivity contribution in [2.45, 2.75) is 12.8 Å². The minimum Gasteiger partial charge on any atom is -0.464 e. The third kappa shape index (κ3) is 2.71. The van der Waals surface area contributed by atoms with Gasteiger partial charge in [-0.15, -0.1) is 0 Å². The molecule has 0 saturated heterocycles. The molecular formula is C14H17NO3. The Balaban J connectivity index is 2.00. The lowest BCUT2D eigenvalue weighted by molar-refractivity contribution is -0.130. The number of likely N-dealkylation sites (N-methyl/N-ethyl adjacent to an activating group) is 1. The molecule has 1 heterocycles. The normalized spacial score (nSPS) is 10.8. The second kappa shape index (κ2) is 5.69. The molecule has 0 spiro atoms. The van der Waals surface area contributed by atoms with Crippen molar-refractivity contribution in [3.05, 3.63) is 36.1 Å². The minimum atomic E-state index is -0.0994. The predicted octanol–water partition coefficient (Wildman–Crippen LogP) is 1.82. The van der Waals surface area contributed by atoms with Crippen molar-refractivity contribution in [3.63, 3.8) is 0 Å². The fourth-order valence-electron chi connectivity index (χ4n) is 1.93. The first kappa shape index (κ1) is 12.6. The molecule has 1 amide bonds. The van der Waals surface area contributed by atoms with Gasteiger partial charge in [0.05, 0.1) is 12.9 Å². The molecule has 0 radical (unpaired) electrons. The molecule has 18 heavy (non-hydrogen) atoms. The number of amides is 1. The number of carbonyl (C=O) groups is 1. The highest BCUT2D eigenvalue weighted by Crippen LogP contribution is 2.21. The van der Waals surface area contributed by atoms with Crippen LogP contribution >= 0.6 is 0 Å². The maximum Gasteiger partial charge on any atom is 0.224 e. The molecule has 0 fully saturated rings. The molecule has 0 bridgehead atoms. The molecule has 0 unspecified atom stereocenters. The van der Waals surface area contributed by atoms with Crippen molar-refractivity contribution >= 4 is 16.9 Å². The molecular weight excluding hydrogens is 230 g/mol. The molecule has 4 heteroatoms. The Morgan fingerprint density at radius 1 is 1.39 bits per heavy atom.